The van der Waals surface area contributed by atoms with Crippen molar-refractivity contribution in [3.63, 3.8) is 0 Å². The Bertz CT molecular complexity index is 1320. The Morgan fingerprint density at radius 1 is 1.02 bits per heavy atom. The second kappa shape index (κ2) is 12.4. The number of likely N-dealkylation sites (tertiary alicyclic amines) is 1. The van der Waals surface area contributed by atoms with Gasteiger partial charge in [-0.15, -0.1) is 0 Å². The molecule has 4 atom stereocenters. The topological polar surface area (TPSA) is 95.1 Å². The zero-order chi connectivity index (χ0) is 30.1. The number of nitrogens with one attached hydrogen (secondary N) is 1. The van der Waals surface area contributed by atoms with Crippen LogP contribution in [0.15, 0.2) is 42.6 Å². The lowest BCUT2D eigenvalue weighted by atomic mass is 9.86. The number of benzene rings is 1. The van der Waals surface area contributed by atoms with E-state index in [1.165, 1.54) is 10.5 Å². The van der Waals surface area contributed by atoms with Crippen LogP contribution in [-0.2, 0) is 11.2 Å². The number of piperazine rings is 1. The van der Waals surface area contributed by atoms with Crippen LogP contribution >= 0.6 is 0 Å². The quantitative estimate of drug-likeness (QED) is 0.344. The van der Waals surface area contributed by atoms with Crippen LogP contribution < -0.4 is 5.32 Å². The number of unbranched alkanes of at least 4 members (excludes halogenated alkanes) is 1. The average molecular weight is 588 g/mol. The molecule has 9 heteroatoms. The maximum Gasteiger partial charge on any atom is 0.410 e. The molecule has 2 fully saturated rings. The normalized spacial score (nSPS) is 25.1. The highest BCUT2D eigenvalue weighted by molar-refractivity contribution is 6.21. The maximum atomic E-state index is 13.5. The fourth-order valence-corrected chi connectivity index (χ4v) is 7.43. The minimum Gasteiger partial charge on any atom is -0.444 e. The third-order valence-corrected chi connectivity index (χ3v) is 9.41. The van der Waals surface area contributed by atoms with Crippen molar-refractivity contribution in [3.8, 4) is 0 Å². The summed E-state index contributed by atoms with van der Waals surface area (Å²) in [6, 6.07) is 11.9. The van der Waals surface area contributed by atoms with E-state index in [2.05, 4.69) is 16.3 Å². The minimum atomic E-state index is -0.558. The molecule has 1 aromatic heterocycles. The number of pyridine rings is 1. The third-order valence-electron chi connectivity index (χ3n) is 9.41. The number of aromatic nitrogens is 1. The molecule has 0 radical (unpaired) electrons. The first-order valence-corrected chi connectivity index (χ1v) is 16.1. The molecule has 6 rings (SSSR count). The van der Waals surface area contributed by atoms with Crippen molar-refractivity contribution < 1.29 is 19.1 Å². The smallest absolute Gasteiger partial charge is 0.410 e. The van der Waals surface area contributed by atoms with Gasteiger partial charge >= 0.3 is 6.09 Å². The second-order valence-corrected chi connectivity index (χ2v) is 13.6. The average Bonchev–Trinajstić information content (AvgIpc) is 3.23. The molecule has 1 aliphatic carbocycles. The number of piperidine rings is 1. The van der Waals surface area contributed by atoms with Gasteiger partial charge in [-0.05, 0) is 96.0 Å². The van der Waals surface area contributed by atoms with Crippen LogP contribution in [0.25, 0.3) is 0 Å². The van der Waals surface area contributed by atoms with Gasteiger partial charge in [-0.2, -0.15) is 0 Å². The number of hydrogen-bond acceptors (Lipinski definition) is 7. The van der Waals surface area contributed by atoms with Crippen LogP contribution in [0.5, 0.6) is 0 Å². The van der Waals surface area contributed by atoms with E-state index >= 15 is 0 Å². The van der Waals surface area contributed by atoms with Crippen LogP contribution in [0.4, 0.5) is 4.79 Å². The highest BCUT2D eigenvalue weighted by atomic mass is 16.6. The molecule has 3 amide bonds. The van der Waals surface area contributed by atoms with Gasteiger partial charge in [-0.1, -0.05) is 24.6 Å². The summed E-state index contributed by atoms with van der Waals surface area (Å²) in [7, 11) is 0. The van der Waals surface area contributed by atoms with Gasteiger partial charge in [0.25, 0.3) is 11.8 Å². The van der Waals surface area contributed by atoms with Gasteiger partial charge in [0.05, 0.1) is 28.9 Å². The third kappa shape index (κ3) is 6.34. The molecule has 1 unspecified atom stereocenters. The van der Waals surface area contributed by atoms with Crippen LogP contribution in [0, 0.1) is 0 Å². The largest absolute Gasteiger partial charge is 0.444 e. The van der Waals surface area contributed by atoms with E-state index in [0.717, 1.165) is 63.7 Å². The number of imide groups is 1. The Morgan fingerprint density at radius 2 is 1.79 bits per heavy atom. The Hall–Kier alpha value is -3.30. The Labute approximate surface area is 255 Å². The molecule has 4 heterocycles. The highest BCUT2D eigenvalue weighted by Crippen LogP contribution is 2.35. The molecule has 43 heavy (non-hydrogen) atoms. The molecule has 4 aliphatic rings. The van der Waals surface area contributed by atoms with Crippen LogP contribution in [0.3, 0.4) is 0 Å². The fraction of sp³-hybridized carbons (Fsp3) is 0.588. The summed E-state index contributed by atoms with van der Waals surface area (Å²) in [5.41, 5.74) is 2.88. The summed E-state index contributed by atoms with van der Waals surface area (Å²) in [5, 5.41) is 3.83. The summed E-state index contributed by atoms with van der Waals surface area (Å²) in [6.07, 6.45) is 9.61. The number of carbonyl (C=O) groups is 3. The highest BCUT2D eigenvalue weighted by Gasteiger charge is 2.43. The number of aryl methyl sites for hydroxylation is 1. The molecule has 1 N–H and O–H groups in total. The van der Waals surface area contributed by atoms with E-state index in [9.17, 15) is 14.4 Å². The lowest BCUT2D eigenvalue weighted by Crippen LogP contribution is -2.68. The maximum absolute atomic E-state index is 13.5. The summed E-state index contributed by atoms with van der Waals surface area (Å²) >= 11 is 0. The number of ether oxygens (including phenoxy) is 1. The zero-order valence-electron chi connectivity index (χ0n) is 25.8. The summed E-state index contributed by atoms with van der Waals surface area (Å²) in [6.45, 7) is 8.34. The van der Waals surface area contributed by atoms with Crippen LogP contribution in [0.2, 0.25) is 0 Å². The van der Waals surface area contributed by atoms with Gasteiger partial charge in [0.1, 0.15) is 5.60 Å². The van der Waals surface area contributed by atoms with Crippen molar-refractivity contribution in [1.29, 1.82) is 0 Å². The van der Waals surface area contributed by atoms with Gasteiger partial charge in [-0.3, -0.25) is 24.4 Å². The first-order chi connectivity index (χ1) is 20.7. The zero-order valence-corrected chi connectivity index (χ0v) is 25.8. The molecular weight excluding hydrogens is 542 g/mol. The lowest BCUT2D eigenvalue weighted by Gasteiger charge is -2.50. The fourth-order valence-electron chi connectivity index (χ4n) is 7.43. The van der Waals surface area contributed by atoms with E-state index in [-0.39, 0.29) is 36.0 Å². The molecular formula is C34H45N5O4. The predicted molar refractivity (Wildman–Crippen MR) is 164 cm³/mol. The van der Waals surface area contributed by atoms with E-state index < -0.39 is 5.60 Å². The number of hydrogen-bond donors (Lipinski definition) is 1. The second-order valence-electron chi connectivity index (χ2n) is 13.6. The summed E-state index contributed by atoms with van der Waals surface area (Å²) in [5.74, 6) is -0.396. The van der Waals surface area contributed by atoms with Gasteiger partial charge in [-0.25, -0.2) is 4.79 Å². The molecule has 9 nitrogen and oxygen atoms in total. The first kappa shape index (κ1) is 29.8. The number of nitrogens with zero attached hydrogens (tertiary/aromatic N) is 4. The Kier molecular flexibility index (Phi) is 8.56. The number of amides is 3. The van der Waals surface area contributed by atoms with E-state index in [0.29, 0.717) is 36.7 Å². The summed E-state index contributed by atoms with van der Waals surface area (Å²) in [4.78, 5) is 50.1. The molecule has 0 saturated carbocycles. The molecule has 2 aromatic rings. The number of rotatable bonds is 8. The molecule has 230 valence electrons. The van der Waals surface area contributed by atoms with Gasteiger partial charge in [0.2, 0.25) is 0 Å². The van der Waals surface area contributed by atoms with Crippen LogP contribution in [0.1, 0.15) is 104 Å². The standard InChI is InChI=1S/C34H45N5O4/c1-34(2,3)43-33(42)39-21-24-13-9-16-27(36-24)29(39)22-37(28-17-8-11-23-12-10-18-35-30(23)28)19-6-7-20-38-31(40)25-14-4-5-15-26(25)32(38)41/h4-5,10,12,14-15,18,24,27-29,36H,6-9,11,13,16-17,19-22H2,1-3H3/t24-,27+,28-,29?/m0/s1. The van der Waals surface area contributed by atoms with Crippen molar-refractivity contribution in [3.05, 3.63) is 65.0 Å². The molecule has 2 bridgehead atoms. The van der Waals surface area contributed by atoms with E-state index in [4.69, 9.17) is 9.72 Å². The number of fused-ring (bicyclic) bond motifs is 4. The van der Waals surface area contributed by atoms with E-state index in [1.807, 2.05) is 37.9 Å². The van der Waals surface area contributed by atoms with Crippen molar-refractivity contribution in [2.24, 2.45) is 0 Å². The Morgan fingerprint density at radius 3 is 2.53 bits per heavy atom. The number of carbonyl (C=O) groups excluding carboxylic acids is 3. The Balaban J connectivity index is 1.20. The molecule has 2 saturated heterocycles. The first-order valence-electron chi connectivity index (χ1n) is 16.1. The summed E-state index contributed by atoms with van der Waals surface area (Å²) < 4.78 is 5.92. The van der Waals surface area contributed by atoms with Gasteiger partial charge in [0.15, 0.2) is 0 Å². The van der Waals surface area contributed by atoms with Gasteiger partial charge in [0, 0.05) is 37.9 Å². The van der Waals surface area contributed by atoms with Crippen molar-refractivity contribution >= 4 is 17.9 Å². The van der Waals surface area contributed by atoms with Crippen molar-refractivity contribution in [2.75, 3.05) is 26.2 Å². The predicted octanol–water partition coefficient (Wildman–Crippen LogP) is 4.97. The minimum absolute atomic E-state index is 0.0169. The van der Waals surface area contributed by atoms with Gasteiger partial charge < -0.3 is 15.0 Å². The van der Waals surface area contributed by atoms with Crippen molar-refractivity contribution in [1.82, 2.24) is 25.0 Å². The lowest BCUT2D eigenvalue weighted by molar-refractivity contribution is -0.0175. The van der Waals surface area contributed by atoms with Crippen molar-refractivity contribution in [2.45, 2.75) is 102 Å². The monoisotopic (exact) mass is 587 g/mol. The SMILES string of the molecule is CC(C)(C)OC(=O)N1C[C@@H]2CCC[C@@H](N2)C1CN(CCCCN1C(=O)c2ccccc2C1=O)[C@H]1CCCc2cccnc21. The molecule has 1 aromatic carbocycles. The molecule has 0 spiro atoms. The molecule has 3 aliphatic heterocycles. The van der Waals surface area contributed by atoms with Crippen LogP contribution in [-0.4, -0.2) is 87.5 Å². The van der Waals surface area contributed by atoms with E-state index in [1.54, 1.807) is 24.3 Å².